The number of likely N-dealkylation sites (tertiary alicyclic amines) is 1. The van der Waals surface area contributed by atoms with Crippen molar-refractivity contribution in [3.63, 3.8) is 0 Å². The van der Waals surface area contributed by atoms with Crippen LogP contribution in [0, 0.1) is 11.6 Å². The van der Waals surface area contributed by atoms with Gasteiger partial charge in [0, 0.05) is 39.7 Å². The Morgan fingerprint density at radius 3 is 2.61 bits per heavy atom. The normalized spacial score (nSPS) is 19.9. The summed E-state index contributed by atoms with van der Waals surface area (Å²) in [6, 6.07) is 16.5. The van der Waals surface area contributed by atoms with Gasteiger partial charge < -0.3 is 29.2 Å². The van der Waals surface area contributed by atoms with Crippen molar-refractivity contribution in [3.8, 4) is 17.2 Å². The van der Waals surface area contributed by atoms with Crippen LogP contribution in [0.15, 0.2) is 60.7 Å². The van der Waals surface area contributed by atoms with Gasteiger partial charge in [0.2, 0.25) is 11.8 Å². The fourth-order valence-corrected chi connectivity index (χ4v) is 5.50. The second-order valence-corrected chi connectivity index (χ2v) is 11.0. The first-order valence-electron chi connectivity index (χ1n) is 14.6. The molecule has 5 rings (SSSR count). The number of carbonyl (C=O) groups is 2. The number of nitrogens with zero attached hydrogens (tertiary/aromatic N) is 2. The van der Waals surface area contributed by atoms with Crippen molar-refractivity contribution >= 4 is 11.8 Å². The SMILES string of the molecule is COCCN1CC(=O)N[C@H]2CN(Cc3ccc(F)c(F)c3)C[C@@H]2OCc2cccc(c2)Oc2cc(ccc2OC)CCC1=O. The summed E-state index contributed by atoms with van der Waals surface area (Å²) >= 11 is 0. The van der Waals surface area contributed by atoms with Gasteiger partial charge >= 0.3 is 0 Å². The third-order valence-corrected chi connectivity index (χ3v) is 7.78. The van der Waals surface area contributed by atoms with Gasteiger partial charge in [-0.1, -0.05) is 24.3 Å². The van der Waals surface area contributed by atoms with Crippen LogP contribution in [0.1, 0.15) is 23.1 Å². The van der Waals surface area contributed by atoms with E-state index >= 15 is 0 Å². The summed E-state index contributed by atoms with van der Waals surface area (Å²) in [5.41, 5.74) is 2.38. The zero-order valence-corrected chi connectivity index (χ0v) is 24.9. The molecule has 44 heavy (non-hydrogen) atoms. The molecule has 9 nitrogen and oxygen atoms in total. The molecule has 0 radical (unpaired) electrons. The molecule has 1 N–H and O–H groups in total. The molecule has 1 saturated heterocycles. The highest BCUT2D eigenvalue weighted by Gasteiger charge is 2.35. The van der Waals surface area contributed by atoms with Crippen molar-refractivity contribution in [2.24, 2.45) is 0 Å². The minimum atomic E-state index is -0.907. The Morgan fingerprint density at radius 1 is 0.955 bits per heavy atom. The monoisotopic (exact) mass is 609 g/mol. The van der Waals surface area contributed by atoms with Crippen LogP contribution in [0.25, 0.3) is 0 Å². The van der Waals surface area contributed by atoms with E-state index in [1.807, 2.05) is 47.4 Å². The third kappa shape index (κ3) is 8.10. The molecule has 0 spiro atoms. The van der Waals surface area contributed by atoms with Crippen LogP contribution in [0.3, 0.4) is 0 Å². The molecule has 0 unspecified atom stereocenters. The Labute approximate surface area is 255 Å². The van der Waals surface area contributed by atoms with Gasteiger partial charge in [-0.05, 0) is 59.5 Å². The predicted molar refractivity (Wildman–Crippen MR) is 158 cm³/mol. The topological polar surface area (TPSA) is 89.6 Å². The molecule has 0 aliphatic carbocycles. The maximum absolute atomic E-state index is 13.9. The van der Waals surface area contributed by atoms with Gasteiger partial charge in [0.15, 0.2) is 23.1 Å². The highest BCUT2D eigenvalue weighted by Crippen LogP contribution is 2.33. The largest absolute Gasteiger partial charge is 0.493 e. The van der Waals surface area contributed by atoms with Gasteiger partial charge in [0.25, 0.3) is 0 Å². The quantitative estimate of drug-likeness (QED) is 0.451. The molecule has 2 amide bonds. The lowest BCUT2D eigenvalue weighted by atomic mass is 10.1. The van der Waals surface area contributed by atoms with E-state index in [-0.39, 0.29) is 44.5 Å². The van der Waals surface area contributed by atoms with Crippen LogP contribution in [0.2, 0.25) is 0 Å². The summed E-state index contributed by atoms with van der Waals surface area (Å²) < 4.78 is 50.6. The zero-order valence-electron chi connectivity index (χ0n) is 24.9. The van der Waals surface area contributed by atoms with Crippen LogP contribution in [0.4, 0.5) is 8.78 Å². The van der Waals surface area contributed by atoms with Crippen molar-refractivity contribution in [2.45, 2.75) is 38.1 Å². The molecule has 2 heterocycles. The summed E-state index contributed by atoms with van der Waals surface area (Å²) in [5.74, 6) is -0.618. The lowest BCUT2D eigenvalue weighted by Crippen LogP contribution is -2.49. The number of fused-ring (bicyclic) bond motifs is 5. The smallest absolute Gasteiger partial charge is 0.239 e. The van der Waals surface area contributed by atoms with Gasteiger partial charge in [-0.15, -0.1) is 0 Å². The molecule has 2 aliphatic heterocycles. The van der Waals surface area contributed by atoms with Gasteiger partial charge in [-0.3, -0.25) is 14.5 Å². The van der Waals surface area contributed by atoms with Crippen LogP contribution >= 0.6 is 0 Å². The number of ether oxygens (including phenoxy) is 4. The lowest BCUT2D eigenvalue weighted by molar-refractivity contribution is -0.137. The first kappa shape index (κ1) is 31.4. The molecule has 2 atom stereocenters. The van der Waals surface area contributed by atoms with E-state index in [1.54, 1.807) is 20.3 Å². The molecule has 2 aliphatic rings. The van der Waals surface area contributed by atoms with Crippen molar-refractivity contribution in [1.29, 1.82) is 0 Å². The van der Waals surface area contributed by atoms with Crippen LogP contribution in [-0.4, -0.2) is 80.8 Å². The number of carbonyl (C=O) groups excluding carboxylic acids is 2. The molecule has 0 aromatic heterocycles. The maximum atomic E-state index is 13.9. The van der Waals surface area contributed by atoms with Crippen LogP contribution in [-0.2, 0) is 38.6 Å². The summed E-state index contributed by atoms with van der Waals surface area (Å²) in [6.45, 7) is 1.91. The summed E-state index contributed by atoms with van der Waals surface area (Å²) in [5, 5.41) is 3.06. The molecule has 234 valence electrons. The minimum absolute atomic E-state index is 0.131. The summed E-state index contributed by atoms with van der Waals surface area (Å²) in [6.07, 6.45) is 0.240. The molecule has 3 aromatic rings. The zero-order chi connectivity index (χ0) is 31.1. The average Bonchev–Trinajstić information content (AvgIpc) is 3.38. The fourth-order valence-electron chi connectivity index (χ4n) is 5.50. The van der Waals surface area contributed by atoms with Gasteiger partial charge in [-0.2, -0.15) is 0 Å². The van der Waals surface area contributed by atoms with Crippen LogP contribution < -0.4 is 14.8 Å². The average molecular weight is 610 g/mol. The standard InChI is InChI=1S/C33H37F2N3O6/c1-41-13-12-38-20-32(39)36-28-18-37(17-23-6-9-26(34)27(35)15-23)19-31(28)43-21-24-4-3-5-25(14-24)44-30-16-22(8-11-33(38)40)7-10-29(30)42-2/h3-7,9-10,14-16,28,31H,8,11-13,17-21H2,1-2H3,(H,36,39)/t28-,31-/m0/s1. The Bertz CT molecular complexity index is 1470. The molecule has 4 bridgehead atoms. The van der Waals surface area contributed by atoms with Gasteiger partial charge in [0.05, 0.1) is 39.0 Å². The fraction of sp³-hybridized carbons (Fsp3) is 0.394. The highest BCUT2D eigenvalue weighted by atomic mass is 19.2. The van der Waals surface area contributed by atoms with E-state index in [1.165, 1.54) is 11.0 Å². The predicted octanol–water partition coefficient (Wildman–Crippen LogP) is 4.07. The van der Waals surface area contributed by atoms with E-state index in [2.05, 4.69) is 5.32 Å². The van der Waals surface area contributed by atoms with Gasteiger partial charge in [-0.25, -0.2) is 8.78 Å². The Hall–Kier alpha value is -4.06. The van der Waals surface area contributed by atoms with Crippen molar-refractivity contribution < 1.29 is 37.3 Å². The van der Waals surface area contributed by atoms with E-state index < -0.39 is 23.8 Å². The molecule has 1 fully saturated rings. The van der Waals surface area contributed by atoms with Gasteiger partial charge in [0.1, 0.15) is 5.75 Å². The number of benzene rings is 3. The highest BCUT2D eigenvalue weighted by molar-refractivity contribution is 5.85. The lowest BCUT2D eigenvalue weighted by Gasteiger charge is -2.25. The first-order chi connectivity index (χ1) is 21.3. The number of aryl methyl sites for hydroxylation is 1. The summed E-state index contributed by atoms with van der Waals surface area (Å²) in [7, 11) is 3.11. The number of methoxy groups -OCH3 is 2. The van der Waals surface area contributed by atoms with E-state index in [9.17, 15) is 18.4 Å². The van der Waals surface area contributed by atoms with Crippen molar-refractivity contribution in [3.05, 3.63) is 89.0 Å². The third-order valence-electron chi connectivity index (χ3n) is 7.78. The minimum Gasteiger partial charge on any atom is -0.493 e. The molecule has 11 heteroatoms. The number of hydrogen-bond donors (Lipinski definition) is 1. The molecular weight excluding hydrogens is 572 g/mol. The Kier molecular flexibility index (Phi) is 10.4. The molecular formula is C33H37F2N3O6. The van der Waals surface area contributed by atoms with Crippen molar-refractivity contribution in [1.82, 2.24) is 15.1 Å². The number of amides is 2. The van der Waals surface area contributed by atoms with Crippen molar-refractivity contribution in [2.75, 3.05) is 47.0 Å². The second kappa shape index (κ2) is 14.6. The number of halogens is 2. The number of nitrogens with one attached hydrogen (secondary N) is 1. The Morgan fingerprint density at radius 2 is 1.82 bits per heavy atom. The Balaban J connectivity index is 1.40. The van der Waals surface area contributed by atoms with E-state index in [0.717, 1.165) is 17.2 Å². The summed E-state index contributed by atoms with van der Waals surface area (Å²) in [4.78, 5) is 30.1. The van der Waals surface area contributed by atoms with Crippen LogP contribution in [0.5, 0.6) is 17.2 Å². The maximum Gasteiger partial charge on any atom is 0.239 e. The number of hydrogen-bond acceptors (Lipinski definition) is 7. The first-order valence-corrected chi connectivity index (χ1v) is 14.6. The van der Waals surface area contributed by atoms with E-state index in [0.29, 0.717) is 48.9 Å². The molecule has 0 saturated carbocycles. The van der Waals surface area contributed by atoms with E-state index in [4.69, 9.17) is 18.9 Å². The molecule has 3 aromatic carbocycles. The second-order valence-electron chi connectivity index (χ2n) is 11.0. The number of rotatable bonds is 6.